The van der Waals surface area contributed by atoms with Gasteiger partial charge in [-0.2, -0.15) is 0 Å². The Morgan fingerprint density at radius 3 is 2.94 bits per heavy atom. The summed E-state index contributed by atoms with van der Waals surface area (Å²) < 4.78 is 11.3. The van der Waals surface area contributed by atoms with Gasteiger partial charge in [0.15, 0.2) is 5.82 Å². The highest BCUT2D eigenvalue weighted by Gasteiger charge is 2.23. The van der Waals surface area contributed by atoms with E-state index >= 15 is 0 Å². The summed E-state index contributed by atoms with van der Waals surface area (Å²) in [4.78, 5) is 25.1. The minimum absolute atomic E-state index is 0.177. The zero-order valence-electron chi connectivity index (χ0n) is 18.8. The number of likely N-dealkylation sites (N-methyl/N-ethyl adjacent to an activating group) is 1. The Morgan fingerprint density at radius 1 is 1.33 bits per heavy atom. The number of nitrogens with one attached hydrogen (secondary N) is 2. The summed E-state index contributed by atoms with van der Waals surface area (Å²) in [6.45, 7) is 3.95. The average molecular weight is 452 g/mol. The van der Waals surface area contributed by atoms with E-state index in [9.17, 15) is 9.90 Å². The summed E-state index contributed by atoms with van der Waals surface area (Å²) in [6.07, 6.45) is 5.19. The molecule has 0 spiro atoms. The summed E-state index contributed by atoms with van der Waals surface area (Å²) >= 11 is 0. The van der Waals surface area contributed by atoms with Crippen molar-refractivity contribution in [1.29, 1.82) is 0 Å². The number of anilines is 1. The van der Waals surface area contributed by atoms with Gasteiger partial charge in [0.2, 0.25) is 0 Å². The summed E-state index contributed by atoms with van der Waals surface area (Å²) in [5, 5.41) is 16.3. The molecule has 3 heterocycles. The molecule has 1 aromatic heterocycles. The monoisotopic (exact) mass is 451 g/mol. The molecule has 9 heteroatoms. The predicted octanol–water partition coefficient (Wildman–Crippen LogP) is 1.86. The topological polar surface area (TPSA) is 118 Å². The number of aliphatic hydroxyl groups excluding tert-OH is 1. The Hall–Kier alpha value is -3.14. The third-order valence-electron chi connectivity index (χ3n) is 5.55. The van der Waals surface area contributed by atoms with Crippen LogP contribution in [0.1, 0.15) is 23.6 Å². The van der Waals surface area contributed by atoms with Gasteiger partial charge >= 0.3 is 0 Å². The van der Waals surface area contributed by atoms with Gasteiger partial charge in [-0.25, -0.2) is 15.0 Å². The van der Waals surface area contributed by atoms with Crippen LogP contribution in [0.4, 0.5) is 5.82 Å². The second-order valence-electron chi connectivity index (χ2n) is 8.16. The van der Waals surface area contributed by atoms with Crippen molar-refractivity contribution in [3.63, 3.8) is 0 Å². The van der Waals surface area contributed by atoms with E-state index in [4.69, 9.17) is 19.4 Å². The molecule has 0 bridgehead atoms. The van der Waals surface area contributed by atoms with Gasteiger partial charge in [-0.3, -0.25) is 4.79 Å². The maximum Gasteiger partial charge on any atom is 0.269 e. The van der Waals surface area contributed by atoms with Crippen molar-refractivity contribution in [2.75, 3.05) is 38.7 Å². The van der Waals surface area contributed by atoms with Crippen molar-refractivity contribution >= 4 is 17.9 Å². The number of benzene rings is 1. The van der Waals surface area contributed by atoms with Crippen molar-refractivity contribution in [2.24, 2.45) is 4.99 Å². The summed E-state index contributed by atoms with van der Waals surface area (Å²) in [7, 11) is 1.78. The average Bonchev–Trinajstić information content (AvgIpc) is 3.33. The van der Waals surface area contributed by atoms with Crippen LogP contribution in [-0.2, 0) is 9.53 Å². The highest BCUT2D eigenvalue weighted by atomic mass is 16.5. The molecule has 3 N–H and O–H groups in total. The largest absolute Gasteiger partial charge is 0.491 e. The van der Waals surface area contributed by atoms with Gasteiger partial charge in [0.05, 0.1) is 24.3 Å². The molecule has 1 saturated heterocycles. The molecule has 2 aromatic rings. The third kappa shape index (κ3) is 5.81. The third-order valence-corrected chi connectivity index (χ3v) is 5.55. The van der Waals surface area contributed by atoms with E-state index in [0.717, 1.165) is 35.7 Å². The number of carbonyl (C=O) groups is 1. The lowest BCUT2D eigenvalue weighted by molar-refractivity contribution is -0.113. The van der Waals surface area contributed by atoms with Crippen LogP contribution < -0.4 is 15.4 Å². The first-order valence-corrected chi connectivity index (χ1v) is 11.1. The second kappa shape index (κ2) is 10.7. The Balaban J connectivity index is 1.66. The smallest absolute Gasteiger partial charge is 0.269 e. The van der Waals surface area contributed by atoms with E-state index < -0.39 is 6.10 Å². The molecule has 1 fully saturated rings. The number of nitrogens with zero attached hydrogens (tertiary/aromatic N) is 3. The minimum Gasteiger partial charge on any atom is -0.491 e. The Kier molecular flexibility index (Phi) is 7.43. The number of amides is 1. The first-order valence-electron chi connectivity index (χ1n) is 11.1. The molecule has 2 aliphatic rings. The van der Waals surface area contributed by atoms with Gasteiger partial charge in [-0.15, -0.1) is 0 Å². The Morgan fingerprint density at radius 2 is 2.21 bits per heavy atom. The molecular weight excluding hydrogens is 422 g/mol. The molecule has 1 amide bonds. The van der Waals surface area contributed by atoms with Crippen LogP contribution in [0.5, 0.6) is 5.75 Å². The highest BCUT2D eigenvalue weighted by Crippen LogP contribution is 2.30. The molecule has 0 aliphatic carbocycles. The molecule has 2 unspecified atom stereocenters. The number of hydrogen-bond donors (Lipinski definition) is 3. The van der Waals surface area contributed by atoms with Crippen molar-refractivity contribution < 1.29 is 19.4 Å². The van der Waals surface area contributed by atoms with Crippen LogP contribution in [0.25, 0.3) is 11.4 Å². The van der Waals surface area contributed by atoms with Crippen LogP contribution in [0.15, 0.2) is 41.4 Å². The van der Waals surface area contributed by atoms with Crippen LogP contribution in [0.3, 0.4) is 0 Å². The molecule has 9 nitrogen and oxygen atoms in total. The van der Waals surface area contributed by atoms with E-state index in [2.05, 4.69) is 15.6 Å². The number of hydrogen-bond acceptors (Lipinski definition) is 8. The maximum absolute atomic E-state index is 11.5. The molecule has 174 valence electrons. The van der Waals surface area contributed by atoms with E-state index in [0.29, 0.717) is 24.7 Å². The number of allylic oxidation sites excluding steroid dienone is 1. The van der Waals surface area contributed by atoms with Gasteiger partial charge < -0.3 is 25.2 Å². The van der Waals surface area contributed by atoms with Crippen molar-refractivity contribution in [3.8, 4) is 17.1 Å². The Labute approximate surface area is 193 Å². The number of ether oxygens (including phenoxy) is 2. The van der Waals surface area contributed by atoms with Gasteiger partial charge in [-0.1, -0.05) is 18.2 Å². The normalized spacial score (nSPS) is 20.8. The van der Waals surface area contributed by atoms with Crippen LogP contribution in [-0.4, -0.2) is 72.8 Å². The van der Waals surface area contributed by atoms with Crippen molar-refractivity contribution in [2.45, 2.75) is 31.4 Å². The van der Waals surface area contributed by atoms with E-state index in [1.165, 1.54) is 6.08 Å². The molecule has 4 rings (SSSR count). The molecule has 1 aromatic carbocycles. The molecule has 2 aliphatic heterocycles. The number of rotatable bonds is 9. The molecule has 3 atom stereocenters. The zero-order valence-corrected chi connectivity index (χ0v) is 18.8. The van der Waals surface area contributed by atoms with Gasteiger partial charge in [0.1, 0.15) is 24.3 Å². The fourth-order valence-electron chi connectivity index (χ4n) is 3.78. The molecule has 0 saturated carbocycles. The molecular formula is C24H29N5O4. The van der Waals surface area contributed by atoms with Gasteiger partial charge in [0.25, 0.3) is 5.91 Å². The number of dihydropyridines is 1. The lowest BCUT2D eigenvalue weighted by Crippen LogP contribution is -2.29. The number of aliphatic hydroxyl groups is 1. The molecule has 33 heavy (non-hydrogen) atoms. The summed E-state index contributed by atoms with van der Waals surface area (Å²) in [5.74, 6) is 1.40. The van der Waals surface area contributed by atoms with E-state index in [1.807, 2.05) is 31.2 Å². The molecule has 0 radical (unpaired) electrons. The first kappa shape index (κ1) is 23.0. The standard InChI is InChI=1S/C24H29N5O4/c1-15-22(17-6-7-21(31)26-11-17)28-24(29-23(15)27-18-8-9-32-13-18)16-4-3-5-20(10-16)33-14-19(30)12-25-2/h3-7,10-11,17-19,25,30H,8-9,12-14H2,1-2H3,(H,27,28,29)/t17?,18-,19?/m1/s1. The summed E-state index contributed by atoms with van der Waals surface area (Å²) in [5.41, 5.74) is 2.48. The fraction of sp³-hybridized carbons (Fsp3) is 0.417. The minimum atomic E-state index is -0.606. The zero-order chi connectivity index (χ0) is 23.2. The highest BCUT2D eigenvalue weighted by molar-refractivity contribution is 5.98. The van der Waals surface area contributed by atoms with Crippen molar-refractivity contribution in [3.05, 3.63) is 47.7 Å². The quantitative estimate of drug-likeness (QED) is 0.529. The Bertz CT molecular complexity index is 1030. The SMILES string of the molecule is CNCC(O)COc1cccc(-c2nc(N[C@@H]3CCOC3)c(C)c(C3C=CC(=O)N=C3)n2)c1. The lowest BCUT2D eigenvalue weighted by atomic mass is 9.99. The maximum atomic E-state index is 11.5. The predicted molar refractivity (Wildman–Crippen MR) is 126 cm³/mol. The van der Waals surface area contributed by atoms with Gasteiger partial charge in [-0.05, 0) is 32.5 Å². The van der Waals surface area contributed by atoms with E-state index in [1.54, 1.807) is 19.3 Å². The van der Waals surface area contributed by atoms with E-state index in [-0.39, 0.29) is 24.5 Å². The second-order valence-corrected chi connectivity index (χ2v) is 8.16. The fourth-order valence-corrected chi connectivity index (χ4v) is 3.78. The van der Waals surface area contributed by atoms with Crippen LogP contribution in [0, 0.1) is 6.92 Å². The van der Waals surface area contributed by atoms with Crippen LogP contribution >= 0.6 is 0 Å². The number of aliphatic imine (C=N–C) groups is 1. The number of carbonyl (C=O) groups excluding carboxylic acids is 1. The summed E-state index contributed by atoms with van der Waals surface area (Å²) in [6, 6.07) is 7.66. The first-order chi connectivity index (χ1) is 16.0. The lowest BCUT2D eigenvalue weighted by Gasteiger charge is -2.20. The van der Waals surface area contributed by atoms with Crippen LogP contribution in [0.2, 0.25) is 0 Å². The van der Waals surface area contributed by atoms with Crippen molar-refractivity contribution in [1.82, 2.24) is 15.3 Å². The number of aromatic nitrogens is 2. The van der Waals surface area contributed by atoms with Gasteiger partial charge in [0, 0.05) is 36.6 Å².